The molecule has 4 rings (SSSR count). The molecule has 9 nitrogen and oxygen atoms in total. The van der Waals surface area contributed by atoms with E-state index in [2.05, 4.69) is 10.6 Å². The van der Waals surface area contributed by atoms with E-state index in [0.717, 1.165) is 36.8 Å². The van der Waals surface area contributed by atoms with Gasteiger partial charge in [-0.15, -0.1) is 0 Å². The molecule has 9 heteroatoms. The molecule has 1 aliphatic carbocycles. The maximum Gasteiger partial charge on any atom is 0.317 e. The van der Waals surface area contributed by atoms with Crippen molar-refractivity contribution >= 4 is 23.6 Å². The predicted molar refractivity (Wildman–Crippen MR) is 144 cm³/mol. The van der Waals surface area contributed by atoms with Crippen molar-refractivity contribution in [3.8, 4) is 0 Å². The Morgan fingerprint density at radius 3 is 2.42 bits per heavy atom. The summed E-state index contributed by atoms with van der Waals surface area (Å²) in [4.78, 5) is 40.5. The highest BCUT2D eigenvalue weighted by molar-refractivity contribution is 5.95. The van der Waals surface area contributed by atoms with E-state index in [9.17, 15) is 14.4 Å². The largest absolute Gasteiger partial charge is 0.480 e. The lowest BCUT2D eigenvalue weighted by Gasteiger charge is -2.36. The fourth-order valence-corrected chi connectivity index (χ4v) is 5.83. The molecule has 1 saturated carbocycles. The molecule has 2 fully saturated rings. The number of nitrogens with two attached hydrogens (primary N) is 1. The van der Waals surface area contributed by atoms with Crippen molar-refractivity contribution < 1.29 is 19.5 Å². The zero-order chi connectivity index (χ0) is 27.1. The molecule has 0 spiro atoms. The number of hydrogen-bond acceptors (Lipinski definition) is 5. The number of nitrogen functional groups attached to an aromatic ring is 1. The summed E-state index contributed by atoms with van der Waals surface area (Å²) < 4.78 is 0. The molecule has 6 N–H and O–H groups in total. The zero-order valence-electron chi connectivity index (χ0n) is 21.6. The fraction of sp³-hybridized carbons (Fsp3) is 0.448. The topological polar surface area (TPSA) is 149 Å². The van der Waals surface area contributed by atoms with E-state index in [0.29, 0.717) is 30.9 Å². The number of carboxylic acid groups (broad SMARTS) is 1. The van der Waals surface area contributed by atoms with E-state index in [1.807, 2.05) is 47.4 Å². The van der Waals surface area contributed by atoms with Crippen LogP contribution in [0.3, 0.4) is 0 Å². The molecule has 2 amide bonds. The van der Waals surface area contributed by atoms with Crippen molar-refractivity contribution in [2.24, 2.45) is 17.6 Å². The highest BCUT2D eigenvalue weighted by Crippen LogP contribution is 2.40. The van der Waals surface area contributed by atoms with Crippen LogP contribution < -0.4 is 16.4 Å². The maximum atomic E-state index is 14.1. The lowest BCUT2D eigenvalue weighted by atomic mass is 9.84. The first-order chi connectivity index (χ1) is 18.3. The molecule has 2 aliphatic rings. The molecule has 38 heavy (non-hydrogen) atoms. The number of rotatable bonds is 11. The van der Waals surface area contributed by atoms with Gasteiger partial charge in [0.05, 0.1) is 12.5 Å². The van der Waals surface area contributed by atoms with Gasteiger partial charge in [0.15, 0.2) is 0 Å². The van der Waals surface area contributed by atoms with Crippen molar-refractivity contribution in [3.05, 3.63) is 71.3 Å². The number of carbonyl (C=O) groups is 3. The van der Waals surface area contributed by atoms with Crippen LogP contribution in [0.5, 0.6) is 0 Å². The Morgan fingerprint density at radius 1 is 1.03 bits per heavy atom. The average molecular weight is 520 g/mol. The summed E-state index contributed by atoms with van der Waals surface area (Å²) in [5, 5.41) is 22.6. The predicted octanol–water partition coefficient (Wildman–Crippen LogP) is 2.28. The van der Waals surface area contributed by atoms with Crippen LogP contribution in [0.1, 0.15) is 48.8 Å². The highest BCUT2D eigenvalue weighted by Gasteiger charge is 2.48. The van der Waals surface area contributed by atoms with Gasteiger partial charge in [0.1, 0.15) is 11.9 Å². The molecule has 1 heterocycles. The molecule has 0 bridgehead atoms. The molecule has 0 radical (unpaired) electrons. The molecule has 1 saturated heterocycles. The molecule has 0 unspecified atom stereocenters. The molecule has 2 aromatic rings. The van der Waals surface area contributed by atoms with E-state index in [1.165, 1.54) is 0 Å². The van der Waals surface area contributed by atoms with Gasteiger partial charge in [-0.3, -0.25) is 19.8 Å². The number of carboxylic acids is 1. The smallest absolute Gasteiger partial charge is 0.317 e. The number of amides is 2. The Balaban J connectivity index is 1.51. The number of nitrogens with one attached hydrogen (secondary N) is 3. The number of benzene rings is 2. The number of likely N-dealkylation sites (tertiary alicyclic amines) is 1. The van der Waals surface area contributed by atoms with E-state index in [4.69, 9.17) is 16.2 Å². The van der Waals surface area contributed by atoms with Gasteiger partial charge in [-0.05, 0) is 42.7 Å². The number of hydrogen-bond donors (Lipinski definition) is 5. The monoisotopic (exact) mass is 519 g/mol. The van der Waals surface area contributed by atoms with Crippen LogP contribution in [-0.4, -0.2) is 58.8 Å². The van der Waals surface area contributed by atoms with Gasteiger partial charge in [0.2, 0.25) is 11.8 Å². The van der Waals surface area contributed by atoms with Gasteiger partial charge in [-0.1, -0.05) is 67.4 Å². The Bertz CT molecular complexity index is 1140. The maximum absolute atomic E-state index is 14.1. The van der Waals surface area contributed by atoms with Crippen LogP contribution in [0, 0.1) is 17.2 Å². The standard InChI is InChI=1S/C29H37N5O4/c30-27(31)21-12-10-20(11-13-21)16-33-28(37)25-15-22-8-4-5-9-24(22)34(25)29(38)23(17-32-18-26(35)36)14-19-6-2-1-3-7-19/h1-3,6-7,10-13,22-25,32H,4-5,8-9,14-18H2,(H3,30,31)(H,33,37)(H,35,36)/t22-,23-,24-,25-/m0/s1. The third-order valence-corrected chi connectivity index (χ3v) is 7.72. The van der Waals surface area contributed by atoms with Crippen molar-refractivity contribution in [2.45, 2.75) is 57.2 Å². The van der Waals surface area contributed by atoms with Crippen LogP contribution in [0.4, 0.5) is 0 Å². The highest BCUT2D eigenvalue weighted by atomic mass is 16.4. The van der Waals surface area contributed by atoms with Gasteiger partial charge in [0.25, 0.3) is 0 Å². The van der Waals surface area contributed by atoms with Crippen LogP contribution in [0.25, 0.3) is 0 Å². The summed E-state index contributed by atoms with van der Waals surface area (Å²) in [6, 6.07) is 16.3. The summed E-state index contributed by atoms with van der Waals surface area (Å²) in [6.07, 6.45) is 5.14. The second-order valence-corrected chi connectivity index (χ2v) is 10.3. The first-order valence-corrected chi connectivity index (χ1v) is 13.3. The van der Waals surface area contributed by atoms with Crippen LogP contribution in [0.2, 0.25) is 0 Å². The quantitative estimate of drug-likeness (QED) is 0.227. The number of fused-ring (bicyclic) bond motifs is 1. The molecule has 0 aromatic heterocycles. The minimum atomic E-state index is -0.974. The summed E-state index contributed by atoms with van der Waals surface area (Å²) in [6.45, 7) is 0.320. The summed E-state index contributed by atoms with van der Waals surface area (Å²) in [7, 11) is 0. The lowest BCUT2D eigenvalue weighted by Crippen LogP contribution is -2.53. The zero-order valence-corrected chi connectivity index (χ0v) is 21.6. The lowest BCUT2D eigenvalue weighted by molar-refractivity contribution is -0.144. The molecule has 4 atom stereocenters. The van der Waals surface area contributed by atoms with Crippen molar-refractivity contribution in [3.63, 3.8) is 0 Å². The number of carbonyl (C=O) groups excluding carboxylic acids is 2. The first kappa shape index (κ1) is 27.3. The van der Waals surface area contributed by atoms with E-state index >= 15 is 0 Å². The molecular formula is C29H37N5O4. The second kappa shape index (κ2) is 12.7. The summed E-state index contributed by atoms with van der Waals surface area (Å²) in [5.41, 5.74) is 8.04. The molecular weight excluding hydrogens is 482 g/mol. The minimum absolute atomic E-state index is 0.00815. The SMILES string of the molecule is N=C(N)c1ccc(CNC(=O)[C@@H]2C[C@@H]3CCCC[C@@H]3N2C(=O)[C@H](CNCC(=O)O)Cc2ccccc2)cc1. The average Bonchev–Trinajstić information content (AvgIpc) is 3.31. The molecule has 202 valence electrons. The summed E-state index contributed by atoms with van der Waals surface area (Å²) >= 11 is 0. The van der Waals surface area contributed by atoms with Crippen molar-refractivity contribution in [2.75, 3.05) is 13.1 Å². The second-order valence-electron chi connectivity index (χ2n) is 10.3. The van der Waals surface area contributed by atoms with Gasteiger partial charge in [0, 0.05) is 24.7 Å². The van der Waals surface area contributed by atoms with Crippen molar-refractivity contribution in [1.29, 1.82) is 5.41 Å². The van der Waals surface area contributed by atoms with Gasteiger partial charge >= 0.3 is 5.97 Å². The number of aliphatic carboxylic acids is 1. The van der Waals surface area contributed by atoms with Crippen molar-refractivity contribution in [1.82, 2.24) is 15.5 Å². The normalized spacial score (nSPS) is 21.4. The third-order valence-electron chi connectivity index (χ3n) is 7.72. The number of nitrogens with zero attached hydrogens (tertiary/aromatic N) is 1. The van der Waals surface area contributed by atoms with E-state index in [1.54, 1.807) is 12.1 Å². The molecule has 1 aliphatic heterocycles. The van der Waals surface area contributed by atoms with E-state index in [-0.39, 0.29) is 36.8 Å². The van der Waals surface area contributed by atoms with Crippen LogP contribution in [0.15, 0.2) is 54.6 Å². The minimum Gasteiger partial charge on any atom is -0.480 e. The Hall–Kier alpha value is -3.72. The van der Waals surface area contributed by atoms with Gasteiger partial charge in [-0.2, -0.15) is 0 Å². The number of amidine groups is 1. The van der Waals surface area contributed by atoms with E-state index < -0.39 is 17.9 Å². The van der Waals surface area contributed by atoms with Gasteiger partial charge in [-0.25, -0.2) is 0 Å². The Morgan fingerprint density at radius 2 is 1.74 bits per heavy atom. The fourth-order valence-electron chi connectivity index (χ4n) is 5.83. The molecule has 2 aromatic carbocycles. The Kier molecular flexibility index (Phi) is 9.12. The first-order valence-electron chi connectivity index (χ1n) is 13.3. The Labute approximate surface area is 223 Å². The van der Waals surface area contributed by atoms with Gasteiger partial charge < -0.3 is 26.4 Å². The van der Waals surface area contributed by atoms with Crippen LogP contribution >= 0.6 is 0 Å². The van der Waals surface area contributed by atoms with Crippen LogP contribution in [-0.2, 0) is 27.3 Å². The third kappa shape index (κ3) is 6.77. The summed E-state index contributed by atoms with van der Waals surface area (Å²) in [5.74, 6) is -1.42.